The van der Waals surface area contributed by atoms with Crippen LogP contribution >= 0.6 is 0 Å². The van der Waals surface area contributed by atoms with E-state index in [1.807, 2.05) is 6.07 Å². The topological polar surface area (TPSA) is 72.2 Å². The molecule has 0 heterocycles. The van der Waals surface area contributed by atoms with Crippen molar-refractivity contribution in [1.82, 2.24) is 0 Å². The molecule has 1 fully saturated rings. The van der Waals surface area contributed by atoms with E-state index >= 15 is 0 Å². The molecule has 0 spiro atoms. The third-order valence-corrected chi connectivity index (χ3v) is 4.57. The number of nitrogens with two attached hydrogens (primary N) is 1. The van der Waals surface area contributed by atoms with Crippen LogP contribution in [0.4, 0.5) is 5.69 Å². The van der Waals surface area contributed by atoms with Crippen molar-refractivity contribution in [1.29, 1.82) is 0 Å². The molecule has 2 atom stereocenters. The molecule has 0 radical (unpaired) electrons. The lowest BCUT2D eigenvalue weighted by atomic mass is 10.3. The number of para-hydroxylation sites is 1. The van der Waals surface area contributed by atoms with Gasteiger partial charge in [-0.1, -0.05) is 19.1 Å². The molecular weight excluding hydrogens is 224 g/mol. The van der Waals surface area contributed by atoms with Gasteiger partial charge in [0.25, 0.3) is 0 Å². The Morgan fingerprint density at radius 1 is 1.44 bits per heavy atom. The van der Waals surface area contributed by atoms with Gasteiger partial charge in [0.15, 0.2) is 9.84 Å². The van der Waals surface area contributed by atoms with Gasteiger partial charge in [0, 0.05) is 12.1 Å². The van der Waals surface area contributed by atoms with Crippen molar-refractivity contribution in [2.45, 2.75) is 30.3 Å². The quantitative estimate of drug-likeness (QED) is 0.823. The Labute approximate surface area is 95.8 Å². The fraction of sp³-hybridized carbons (Fsp3) is 0.455. The van der Waals surface area contributed by atoms with Gasteiger partial charge in [-0.25, -0.2) is 8.42 Å². The van der Waals surface area contributed by atoms with E-state index in [1.165, 1.54) is 0 Å². The van der Waals surface area contributed by atoms with E-state index in [4.69, 9.17) is 5.73 Å². The second kappa shape index (κ2) is 4.07. The Kier molecular flexibility index (Phi) is 2.90. The Bertz CT molecular complexity index is 485. The van der Waals surface area contributed by atoms with Gasteiger partial charge in [-0.2, -0.15) is 0 Å². The van der Waals surface area contributed by atoms with Gasteiger partial charge in [-0.3, -0.25) is 0 Å². The van der Waals surface area contributed by atoms with Crippen LogP contribution in [0.25, 0.3) is 0 Å². The maximum atomic E-state index is 11.8. The van der Waals surface area contributed by atoms with Crippen LogP contribution in [-0.2, 0) is 9.84 Å². The van der Waals surface area contributed by atoms with Gasteiger partial charge in [0.2, 0.25) is 0 Å². The minimum absolute atomic E-state index is 0.114. The van der Waals surface area contributed by atoms with Crippen LogP contribution < -0.4 is 11.1 Å². The minimum atomic E-state index is -3.17. The molecule has 3 N–H and O–H groups in total. The molecule has 16 heavy (non-hydrogen) atoms. The fourth-order valence-electron chi connectivity index (χ4n) is 1.59. The lowest BCUT2D eigenvalue weighted by Crippen LogP contribution is -2.15. The van der Waals surface area contributed by atoms with Crippen molar-refractivity contribution in [3.63, 3.8) is 0 Å². The molecule has 0 bridgehead atoms. The highest BCUT2D eigenvalue weighted by molar-refractivity contribution is 7.91. The van der Waals surface area contributed by atoms with Gasteiger partial charge in [0.05, 0.1) is 16.3 Å². The van der Waals surface area contributed by atoms with Crippen molar-refractivity contribution < 1.29 is 8.42 Å². The number of nitrogens with one attached hydrogen (secondary N) is 1. The molecular formula is C11H16N2O2S. The number of benzene rings is 1. The SMILES string of the molecule is CCS(=O)(=O)c1ccccc1NC1CC1N. The lowest BCUT2D eigenvalue weighted by molar-refractivity contribution is 0.597. The van der Waals surface area contributed by atoms with Gasteiger partial charge in [0.1, 0.15) is 0 Å². The minimum Gasteiger partial charge on any atom is -0.380 e. The van der Waals surface area contributed by atoms with Gasteiger partial charge < -0.3 is 11.1 Å². The summed E-state index contributed by atoms with van der Waals surface area (Å²) < 4.78 is 23.7. The number of hydrogen-bond acceptors (Lipinski definition) is 4. The zero-order valence-corrected chi connectivity index (χ0v) is 10.00. The standard InChI is InChI=1S/C11H16N2O2S/c1-2-16(14,15)11-6-4-3-5-9(11)13-10-7-8(10)12/h3-6,8,10,13H,2,7,12H2,1H3. The predicted octanol–water partition coefficient (Wildman–Crippen LogP) is 0.992. The average Bonchev–Trinajstić information content (AvgIpc) is 2.95. The molecule has 1 aliphatic rings. The van der Waals surface area contributed by atoms with Crippen molar-refractivity contribution in [3.8, 4) is 0 Å². The first-order valence-corrected chi connectivity index (χ1v) is 7.03. The second-order valence-electron chi connectivity index (χ2n) is 4.05. The average molecular weight is 240 g/mol. The Balaban J connectivity index is 2.31. The van der Waals surface area contributed by atoms with E-state index in [9.17, 15) is 8.42 Å². The monoisotopic (exact) mass is 240 g/mol. The Hall–Kier alpha value is -1.07. The first kappa shape index (κ1) is 11.4. The van der Waals surface area contributed by atoms with E-state index in [0.717, 1.165) is 6.42 Å². The van der Waals surface area contributed by atoms with E-state index in [0.29, 0.717) is 10.6 Å². The third kappa shape index (κ3) is 2.20. The summed E-state index contributed by atoms with van der Waals surface area (Å²) in [5.41, 5.74) is 6.36. The summed E-state index contributed by atoms with van der Waals surface area (Å²) in [5, 5.41) is 3.17. The smallest absolute Gasteiger partial charge is 0.180 e. The normalized spacial score (nSPS) is 24.1. The molecule has 4 nitrogen and oxygen atoms in total. The summed E-state index contributed by atoms with van der Waals surface area (Å²) >= 11 is 0. The van der Waals surface area contributed by atoms with E-state index in [1.54, 1.807) is 25.1 Å². The number of sulfone groups is 1. The summed E-state index contributed by atoms with van der Waals surface area (Å²) in [6.07, 6.45) is 0.903. The molecule has 1 saturated carbocycles. The summed E-state index contributed by atoms with van der Waals surface area (Å²) in [5.74, 6) is 0.114. The van der Waals surface area contributed by atoms with Crippen LogP contribution in [0.3, 0.4) is 0 Å². The van der Waals surface area contributed by atoms with E-state index < -0.39 is 9.84 Å². The molecule has 0 saturated heterocycles. The highest BCUT2D eigenvalue weighted by Gasteiger charge is 2.34. The first-order chi connectivity index (χ1) is 7.54. The molecule has 0 amide bonds. The second-order valence-corrected chi connectivity index (χ2v) is 6.30. The van der Waals surface area contributed by atoms with E-state index in [2.05, 4.69) is 5.32 Å². The van der Waals surface area contributed by atoms with Gasteiger partial charge in [-0.15, -0.1) is 0 Å². The zero-order valence-electron chi connectivity index (χ0n) is 9.18. The predicted molar refractivity (Wildman–Crippen MR) is 64.2 cm³/mol. The van der Waals surface area contributed by atoms with Crippen LogP contribution in [0.5, 0.6) is 0 Å². The van der Waals surface area contributed by atoms with Crippen LogP contribution in [0.15, 0.2) is 29.2 Å². The van der Waals surface area contributed by atoms with Crippen molar-refractivity contribution in [2.24, 2.45) is 5.73 Å². The highest BCUT2D eigenvalue weighted by atomic mass is 32.2. The summed E-state index contributed by atoms with van der Waals surface area (Å²) in [4.78, 5) is 0.372. The highest BCUT2D eigenvalue weighted by Crippen LogP contribution is 2.28. The first-order valence-electron chi connectivity index (χ1n) is 5.38. The molecule has 2 rings (SSSR count). The molecule has 88 valence electrons. The zero-order chi connectivity index (χ0) is 11.8. The summed E-state index contributed by atoms with van der Waals surface area (Å²) in [7, 11) is -3.17. The Morgan fingerprint density at radius 3 is 2.62 bits per heavy atom. The molecule has 2 unspecified atom stereocenters. The fourth-order valence-corrected chi connectivity index (χ4v) is 2.65. The van der Waals surface area contributed by atoms with Crippen LogP contribution in [0.1, 0.15) is 13.3 Å². The third-order valence-electron chi connectivity index (χ3n) is 2.78. The van der Waals surface area contributed by atoms with Gasteiger partial charge in [-0.05, 0) is 18.6 Å². The van der Waals surface area contributed by atoms with E-state index in [-0.39, 0.29) is 17.8 Å². The number of rotatable bonds is 4. The van der Waals surface area contributed by atoms with Crippen LogP contribution in [0.2, 0.25) is 0 Å². The van der Waals surface area contributed by atoms with Gasteiger partial charge >= 0.3 is 0 Å². The van der Waals surface area contributed by atoms with Crippen LogP contribution in [0, 0.1) is 0 Å². The number of hydrogen-bond donors (Lipinski definition) is 2. The maximum Gasteiger partial charge on any atom is 0.180 e. The molecule has 1 aliphatic carbocycles. The number of anilines is 1. The molecule has 0 aliphatic heterocycles. The maximum absolute atomic E-state index is 11.8. The van der Waals surface area contributed by atoms with Crippen molar-refractivity contribution in [2.75, 3.05) is 11.1 Å². The molecule has 1 aromatic rings. The molecule has 0 aromatic heterocycles. The Morgan fingerprint density at radius 2 is 2.06 bits per heavy atom. The lowest BCUT2D eigenvalue weighted by Gasteiger charge is -2.10. The summed E-state index contributed by atoms with van der Waals surface area (Å²) in [6.45, 7) is 1.65. The van der Waals surface area contributed by atoms with Crippen molar-refractivity contribution in [3.05, 3.63) is 24.3 Å². The van der Waals surface area contributed by atoms with Crippen molar-refractivity contribution >= 4 is 15.5 Å². The summed E-state index contributed by atoms with van der Waals surface area (Å²) in [6, 6.07) is 7.35. The molecule has 1 aromatic carbocycles. The molecule has 5 heteroatoms. The van der Waals surface area contributed by atoms with Crippen LogP contribution in [-0.4, -0.2) is 26.3 Å². The largest absolute Gasteiger partial charge is 0.380 e.